The Morgan fingerprint density at radius 3 is 2.54 bits per heavy atom. The molecule has 0 spiro atoms. The highest BCUT2D eigenvalue weighted by molar-refractivity contribution is 5.95. The van der Waals surface area contributed by atoms with E-state index in [0.29, 0.717) is 37.2 Å². The number of benzene rings is 2. The molecule has 2 aromatic carbocycles. The highest BCUT2D eigenvalue weighted by Crippen LogP contribution is 2.23. The third-order valence-corrected chi connectivity index (χ3v) is 4.60. The maximum atomic E-state index is 13.7. The molecule has 0 atom stereocenters. The molecule has 1 N–H and O–H groups in total. The van der Waals surface area contributed by atoms with Crippen LogP contribution in [-0.2, 0) is 4.79 Å². The van der Waals surface area contributed by atoms with Crippen LogP contribution in [0.2, 0.25) is 0 Å². The largest absolute Gasteiger partial charge is 0.497 e. The first-order valence-electron chi connectivity index (χ1n) is 8.57. The summed E-state index contributed by atoms with van der Waals surface area (Å²) in [5.41, 5.74) is 0.756. The number of hydrogen-bond acceptors (Lipinski definition) is 3. The lowest BCUT2D eigenvalue weighted by Crippen LogP contribution is -2.41. The van der Waals surface area contributed by atoms with Gasteiger partial charge in [-0.2, -0.15) is 0 Å². The van der Waals surface area contributed by atoms with E-state index < -0.39 is 5.82 Å². The van der Waals surface area contributed by atoms with Crippen LogP contribution < -0.4 is 10.1 Å². The summed E-state index contributed by atoms with van der Waals surface area (Å²) in [5, 5.41) is 2.64. The van der Waals surface area contributed by atoms with Crippen LogP contribution in [0.4, 0.5) is 10.1 Å². The lowest BCUT2D eigenvalue weighted by atomic mass is 9.95. The van der Waals surface area contributed by atoms with Gasteiger partial charge in [0.15, 0.2) is 0 Å². The van der Waals surface area contributed by atoms with E-state index in [2.05, 4.69) is 5.32 Å². The van der Waals surface area contributed by atoms with E-state index in [4.69, 9.17) is 4.74 Å². The van der Waals surface area contributed by atoms with Gasteiger partial charge in [0.05, 0.1) is 12.8 Å². The van der Waals surface area contributed by atoms with Gasteiger partial charge >= 0.3 is 0 Å². The highest BCUT2D eigenvalue weighted by Gasteiger charge is 2.28. The quantitative estimate of drug-likeness (QED) is 0.914. The van der Waals surface area contributed by atoms with Gasteiger partial charge in [0.1, 0.15) is 11.6 Å². The molecular formula is C20H21FN2O3. The van der Waals surface area contributed by atoms with Crippen molar-refractivity contribution in [1.82, 2.24) is 4.90 Å². The van der Waals surface area contributed by atoms with E-state index in [-0.39, 0.29) is 23.4 Å². The number of likely N-dealkylation sites (tertiary alicyclic amines) is 1. The maximum absolute atomic E-state index is 13.7. The number of carbonyl (C=O) groups excluding carboxylic acids is 2. The molecule has 26 heavy (non-hydrogen) atoms. The predicted octanol–water partition coefficient (Wildman–Crippen LogP) is 3.33. The summed E-state index contributed by atoms with van der Waals surface area (Å²) >= 11 is 0. The van der Waals surface area contributed by atoms with E-state index in [1.807, 2.05) is 0 Å². The van der Waals surface area contributed by atoms with Crippen LogP contribution in [-0.4, -0.2) is 36.9 Å². The van der Waals surface area contributed by atoms with Gasteiger partial charge in [-0.05, 0) is 43.2 Å². The molecule has 5 nitrogen and oxygen atoms in total. The van der Waals surface area contributed by atoms with Crippen molar-refractivity contribution >= 4 is 17.5 Å². The minimum absolute atomic E-state index is 0.0724. The molecule has 0 unspecified atom stereocenters. The summed E-state index contributed by atoms with van der Waals surface area (Å²) < 4.78 is 18.8. The van der Waals surface area contributed by atoms with E-state index in [1.54, 1.807) is 48.4 Å². The zero-order valence-electron chi connectivity index (χ0n) is 14.6. The molecule has 0 aliphatic carbocycles. The first-order valence-corrected chi connectivity index (χ1v) is 8.57. The molecule has 0 aromatic heterocycles. The molecule has 2 aromatic rings. The fourth-order valence-electron chi connectivity index (χ4n) is 3.08. The van der Waals surface area contributed by atoms with Gasteiger partial charge in [-0.15, -0.1) is 0 Å². The number of carbonyl (C=O) groups is 2. The summed E-state index contributed by atoms with van der Waals surface area (Å²) in [5.74, 6) is -0.328. The van der Waals surface area contributed by atoms with Crippen LogP contribution in [0, 0.1) is 11.7 Å². The Labute approximate surface area is 151 Å². The second kappa shape index (κ2) is 7.99. The lowest BCUT2D eigenvalue weighted by molar-refractivity contribution is -0.121. The molecule has 1 heterocycles. The molecule has 1 aliphatic heterocycles. The van der Waals surface area contributed by atoms with Crippen molar-refractivity contribution in [2.45, 2.75) is 12.8 Å². The number of halogens is 1. The molecule has 3 rings (SSSR count). The molecule has 1 saturated heterocycles. The lowest BCUT2D eigenvalue weighted by Gasteiger charge is -2.31. The first kappa shape index (κ1) is 17.9. The summed E-state index contributed by atoms with van der Waals surface area (Å²) in [6, 6.07) is 13.1. The fourth-order valence-corrected chi connectivity index (χ4v) is 3.08. The normalized spacial score (nSPS) is 14.8. The molecule has 0 bridgehead atoms. The maximum Gasteiger partial charge on any atom is 0.253 e. The first-order chi connectivity index (χ1) is 12.6. The number of ether oxygens (including phenoxy) is 1. The van der Waals surface area contributed by atoms with Crippen LogP contribution >= 0.6 is 0 Å². The van der Waals surface area contributed by atoms with Crippen LogP contribution in [0.5, 0.6) is 5.75 Å². The highest BCUT2D eigenvalue weighted by atomic mass is 19.1. The van der Waals surface area contributed by atoms with Gasteiger partial charge in [0.2, 0.25) is 5.91 Å². The molecule has 1 aliphatic rings. The van der Waals surface area contributed by atoms with E-state index in [1.165, 1.54) is 12.1 Å². The Kier molecular flexibility index (Phi) is 5.51. The minimum atomic E-state index is -0.452. The number of rotatable bonds is 4. The Bertz CT molecular complexity index is 801. The number of amides is 2. The molecular weight excluding hydrogens is 335 g/mol. The molecule has 0 radical (unpaired) electrons. The molecule has 1 fully saturated rings. The zero-order valence-corrected chi connectivity index (χ0v) is 14.6. The van der Waals surface area contributed by atoms with Crippen molar-refractivity contribution in [3.63, 3.8) is 0 Å². The van der Waals surface area contributed by atoms with E-state index in [9.17, 15) is 14.0 Å². The SMILES string of the molecule is COc1cccc(C(=O)N2CCC(C(=O)Nc3ccccc3F)CC2)c1. The number of hydrogen-bond donors (Lipinski definition) is 1. The second-order valence-electron chi connectivity index (χ2n) is 6.27. The fraction of sp³-hybridized carbons (Fsp3) is 0.300. The number of para-hydroxylation sites is 1. The van der Waals surface area contributed by atoms with Gasteiger partial charge in [0.25, 0.3) is 5.91 Å². The molecule has 0 saturated carbocycles. The number of piperidine rings is 1. The van der Waals surface area contributed by atoms with Gasteiger partial charge < -0.3 is 15.0 Å². The second-order valence-corrected chi connectivity index (χ2v) is 6.27. The Balaban J connectivity index is 1.57. The van der Waals surface area contributed by atoms with Crippen molar-refractivity contribution in [1.29, 1.82) is 0 Å². The Hall–Kier alpha value is -2.89. The Morgan fingerprint density at radius 2 is 1.85 bits per heavy atom. The standard InChI is InChI=1S/C20H21FN2O3/c1-26-16-6-4-5-15(13-16)20(25)23-11-9-14(10-12-23)19(24)22-18-8-3-2-7-17(18)21/h2-8,13-14H,9-12H2,1H3,(H,22,24). The van der Waals surface area contributed by atoms with Crippen molar-refractivity contribution in [3.05, 3.63) is 59.9 Å². The number of nitrogens with zero attached hydrogens (tertiary/aromatic N) is 1. The van der Waals surface area contributed by atoms with Crippen LogP contribution in [0.3, 0.4) is 0 Å². The Morgan fingerprint density at radius 1 is 1.12 bits per heavy atom. The summed E-state index contributed by atoms with van der Waals surface area (Å²) in [6.07, 6.45) is 1.10. The van der Waals surface area contributed by atoms with Gasteiger partial charge in [-0.25, -0.2) is 4.39 Å². The monoisotopic (exact) mass is 356 g/mol. The van der Waals surface area contributed by atoms with Gasteiger partial charge in [-0.1, -0.05) is 18.2 Å². The van der Waals surface area contributed by atoms with Crippen molar-refractivity contribution in [2.24, 2.45) is 5.92 Å². The molecule has 136 valence electrons. The summed E-state index contributed by atoms with van der Waals surface area (Å²) in [7, 11) is 1.56. The average molecular weight is 356 g/mol. The number of methoxy groups -OCH3 is 1. The van der Waals surface area contributed by atoms with Crippen LogP contribution in [0.15, 0.2) is 48.5 Å². The topological polar surface area (TPSA) is 58.6 Å². The third-order valence-electron chi connectivity index (χ3n) is 4.60. The van der Waals surface area contributed by atoms with E-state index in [0.717, 1.165) is 0 Å². The van der Waals surface area contributed by atoms with Gasteiger partial charge in [-0.3, -0.25) is 9.59 Å². The minimum Gasteiger partial charge on any atom is -0.497 e. The summed E-state index contributed by atoms with van der Waals surface area (Å²) in [6.45, 7) is 0.983. The van der Waals surface area contributed by atoms with Crippen molar-refractivity contribution in [2.75, 3.05) is 25.5 Å². The zero-order chi connectivity index (χ0) is 18.5. The molecule has 2 amide bonds. The van der Waals surface area contributed by atoms with Crippen molar-refractivity contribution < 1.29 is 18.7 Å². The third kappa shape index (κ3) is 4.02. The summed E-state index contributed by atoms with van der Waals surface area (Å²) in [4.78, 5) is 26.7. The van der Waals surface area contributed by atoms with Gasteiger partial charge in [0, 0.05) is 24.6 Å². The van der Waals surface area contributed by atoms with Crippen LogP contribution in [0.1, 0.15) is 23.2 Å². The number of anilines is 1. The molecule has 6 heteroatoms. The smallest absolute Gasteiger partial charge is 0.253 e. The van der Waals surface area contributed by atoms with Crippen LogP contribution in [0.25, 0.3) is 0 Å². The van der Waals surface area contributed by atoms with Crippen molar-refractivity contribution in [3.8, 4) is 5.75 Å². The number of nitrogens with one attached hydrogen (secondary N) is 1. The van der Waals surface area contributed by atoms with E-state index >= 15 is 0 Å². The predicted molar refractivity (Wildman–Crippen MR) is 96.7 cm³/mol. The average Bonchev–Trinajstić information content (AvgIpc) is 2.69.